The maximum atomic E-state index is 2.57. The van der Waals surface area contributed by atoms with Gasteiger partial charge in [-0.3, -0.25) is 0 Å². The van der Waals surface area contributed by atoms with Gasteiger partial charge in [0.2, 0.25) is 0 Å². The highest BCUT2D eigenvalue weighted by molar-refractivity contribution is 6.12. The van der Waals surface area contributed by atoms with Crippen LogP contribution in [0.3, 0.4) is 0 Å². The predicted octanol–water partition coefficient (Wildman–Crippen LogP) is 36.4. The minimum absolute atomic E-state index is 0.113. The fourth-order valence-corrected chi connectivity index (χ4v) is 21.7. The van der Waals surface area contributed by atoms with Gasteiger partial charge in [0.15, 0.2) is 0 Å². The summed E-state index contributed by atoms with van der Waals surface area (Å²) in [6.07, 6.45) is 27.5. The van der Waals surface area contributed by atoms with Crippen LogP contribution in [0.5, 0.6) is 0 Å². The van der Waals surface area contributed by atoms with Gasteiger partial charge in [-0.05, 0) is 277 Å². The molecule has 1 atom stereocenters. The number of fused-ring (bicyclic) bond motifs is 12. The third kappa shape index (κ3) is 17.2. The van der Waals surface area contributed by atoms with Gasteiger partial charge < -0.3 is 18.9 Å². The second-order valence-electron chi connectivity index (χ2n) is 38.4. The van der Waals surface area contributed by atoms with Crippen molar-refractivity contribution in [2.24, 2.45) is 0 Å². The summed E-state index contributed by atoms with van der Waals surface area (Å²) in [5, 5.41) is 5.06. The molecule has 4 nitrogen and oxygen atoms in total. The Bertz CT molecular complexity index is 6990. The first-order chi connectivity index (χ1) is 63.9. The molecule has 18 aromatic rings. The van der Waals surface area contributed by atoms with Gasteiger partial charge in [0.1, 0.15) is 0 Å². The smallest absolute Gasteiger partial charge is 0.0541 e. The van der Waals surface area contributed by atoms with Crippen molar-refractivity contribution < 1.29 is 0 Å². The number of benzene rings is 16. The van der Waals surface area contributed by atoms with Crippen molar-refractivity contribution in [2.75, 3.05) is 9.80 Å². The molecule has 4 heteroatoms. The van der Waals surface area contributed by atoms with Crippen LogP contribution < -0.4 is 9.80 Å². The normalized spacial score (nSPS) is 13.1. The average molecular weight is 1690 g/mol. The van der Waals surface area contributed by atoms with Crippen LogP contribution in [0.25, 0.3) is 122 Å². The number of nitrogens with zero attached hydrogens (tertiary/aromatic N) is 4. The van der Waals surface area contributed by atoms with Crippen molar-refractivity contribution in [3.05, 3.63) is 409 Å². The van der Waals surface area contributed by atoms with Gasteiger partial charge >= 0.3 is 0 Å². The number of hydrogen-bond acceptors (Lipinski definition) is 2. The molecule has 1 unspecified atom stereocenters. The van der Waals surface area contributed by atoms with Crippen LogP contribution in [-0.2, 0) is 23.7 Å². The predicted molar refractivity (Wildman–Crippen MR) is 557 cm³/mol. The summed E-state index contributed by atoms with van der Waals surface area (Å²) in [6, 6.07) is 140. The zero-order chi connectivity index (χ0) is 88.1. The molecule has 0 saturated heterocycles. The molecule has 0 fully saturated rings. The van der Waals surface area contributed by atoms with Gasteiger partial charge in [-0.2, -0.15) is 0 Å². The van der Waals surface area contributed by atoms with E-state index < -0.39 is 0 Å². The number of aryl methyl sites for hydroxylation is 2. The Labute approximate surface area is 771 Å². The standard InChI is InChI=1S/C126H122N4/c1-7-8-9-10-11-12-13-17-20-25-38-90-50-54-93(55-51-90)95-58-71-103(72-59-95)128(105-75-62-96(63-76-105)99-65-82-123-115(84-99)113-45-32-35-48-121(113)129(123)101-42-29-23-30-43-101)108-78-81-112-110-79-64-98(86-118(110)126(5,6)120(112)88-108)89(2)37-24-19-16-14-15-18-21-26-39-91-52-67-106(68-53-91)130-122-49-36-33-46-114(122)116-85-100(66-83-124(116)130)97-60-73-104(74-61-97)127(102-69-56-94(57-70-102)92-40-27-22-28-41-92)107-77-80-111-109-44-31-34-47-117(109)125(3,4)119(111)87-107/h22-23,27-36,40-89H,7-21,24-26,37-39H2,1-6H3. The third-order valence-corrected chi connectivity index (χ3v) is 29.1. The van der Waals surface area contributed by atoms with Crippen LogP contribution in [-0.4, -0.2) is 9.13 Å². The Morgan fingerprint density at radius 1 is 0.238 bits per heavy atom. The van der Waals surface area contributed by atoms with E-state index in [1.165, 1.54) is 288 Å². The third-order valence-electron chi connectivity index (χ3n) is 29.1. The Balaban J connectivity index is 0.454. The average Bonchev–Trinajstić information content (AvgIpc) is 1.55. The van der Waals surface area contributed by atoms with Crippen molar-refractivity contribution in [3.8, 4) is 78.1 Å². The van der Waals surface area contributed by atoms with E-state index in [1.54, 1.807) is 0 Å². The summed E-state index contributed by atoms with van der Waals surface area (Å²) < 4.78 is 4.86. The first-order valence-electron chi connectivity index (χ1n) is 48.8. The topological polar surface area (TPSA) is 16.3 Å². The maximum Gasteiger partial charge on any atom is 0.0541 e. The zero-order valence-corrected chi connectivity index (χ0v) is 76.9. The molecule has 130 heavy (non-hydrogen) atoms. The van der Waals surface area contributed by atoms with Gasteiger partial charge in [-0.1, -0.05) is 381 Å². The van der Waals surface area contributed by atoms with E-state index in [4.69, 9.17) is 0 Å². The van der Waals surface area contributed by atoms with E-state index in [2.05, 4.69) is 431 Å². The number of aromatic nitrogens is 2. The lowest BCUT2D eigenvalue weighted by atomic mass is 9.80. The maximum absolute atomic E-state index is 2.57. The summed E-state index contributed by atoms with van der Waals surface area (Å²) in [6.45, 7) is 14.4. The van der Waals surface area contributed by atoms with Crippen molar-refractivity contribution in [1.29, 1.82) is 0 Å². The SMILES string of the molecule is CCCCCCCCCCCCc1ccc(-c2ccc(N(c3ccc(-c4ccc5c(c4)c4ccccc4n5-c4ccccc4)cc3)c3ccc4c(c3)C(C)(C)c3cc(C(C)CCCCCCCCCCc5ccc(-n6c7ccccc7c7cc(-c8ccc(N(c9ccc(-c%10ccccc%10)cc9)c9ccc%10c(c9)C(C)(C)c9ccccc9-%10)cc8)ccc76)cc5)ccc3-4)cc2)cc1. The van der Waals surface area contributed by atoms with Gasteiger partial charge in [-0.25, -0.2) is 0 Å². The zero-order valence-electron chi connectivity index (χ0n) is 76.9. The van der Waals surface area contributed by atoms with Gasteiger partial charge in [0.05, 0.1) is 22.1 Å². The first kappa shape index (κ1) is 84.9. The molecule has 20 rings (SSSR count). The van der Waals surface area contributed by atoms with Crippen molar-refractivity contribution in [3.63, 3.8) is 0 Å². The fraction of sp³-hybridized carbons (Fsp3) is 0.238. The molecule has 0 N–H and O–H groups in total. The van der Waals surface area contributed by atoms with E-state index in [1.807, 2.05) is 0 Å². The lowest BCUT2D eigenvalue weighted by Crippen LogP contribution is -2.17. The summed E-state index contributed by atoms with van der Waals surface area (Å²) >= 11 is 0. The quantitative estimate of drug-likeness (QED) is 0.0368. The molecule has 0 amide bonds. The van der Waals surface area contributed by atoms with E-state index in [0.717, 1.165) is 41.3 Å². The molecule has 2 aromatic heterocycles. The monoisotopic (exact) mass is 1690 g/mol. The number of anilines is 6. The van der Waals surface area contributed by atoms with Crippen LogP contribution in [0.1, 0.15) is 208 Å². The van der Waals surface area contributed by atoms with Crippen molar-refractivity contribution in [2.45, 2.75) is 193 Å². The number of hydrogen-bond donors (Lipinski definition) is 0. The van der Waals surface area contributed by atoms with Crippen LogP contribution >= 0.6 is 0 Å². The first-order valence-corrected chi connectivity index (χ1v) is 48.8. The van der Waals surface area contributed by atoms with Crippen LogP contribution in [0.15, 0.2) is 370 Å². The highest BCUT2D eigenvalue weighted by Crippen LogP contribution is 2.54. The highest BCUT2D eigenvalue weighted by Gasteiger charge is 2.38. The Morgan fingerprint density at radius 3 is 1.03 bits per heavy atom. The molecule has 0 aliphatic heterocycles. The number of rotatable bonds is 35. The van der Waals surface area contributed by atoms with E-state index in [0.29, 0.717) is 5.92 Å². The molecule has 2 aliphatic rings. The molecule has 0 radical (unpaired) electrons. The lowest BCUT2D eigenvalue weighted by Gasteiger charge is -2.28. The molecule has 0 bridgehead atoms. The van der Waals surface area contributed by atoms with Crippen LogP contribution in [0.4, 0.5) is 34.1 Å². The van der Waals surface area contributed by atoms with E-state index in [9.17, 15) is 0 Å². The Kier molecular flexibility index (Phi) is 24.7. The molecular weight excluding hydrogens is 1570 g/mol. The summed E-state index contributed by atoms with van der Waals surface area (Å²) in [5.41, 5.74) is 38.8. The molecule has 2 heterocycles. The van der Waals surface area contributed by atoms with E-state index >= 15 is 0 Å². The number of unbranched alkanes of at least 4 members (excludes halogenated alkanes) is 16. The van der Waals surface area contributed by atoms with E-state index in [-0.39, 0.29) is 10.8 Å². The van der Waals surface area contributed by atoms with Gasteiger partial charge in [0, 0.05) is 77.9 Å². The van der Waals surface area contributed by atoms with Crippen LogP contribution in [0, 0.1) is 0 Å². The molecule has 16 aromatic carbocycles. The highest BCUT2D eigenvalue weighted by atomic mass is 15.1. The molecular formula is C126H122N4. The Morgan fingerprint density at radius 2 is 0.562 bits per heavy atom. The minimum atomic E-state index is -0.177. The summed E-state index contributed by atoms with van der Waals surface area (Å²) in [5.74, 6) is 0.496. The van der Waals surface area contributed by atoms with Gasteiger partial charge in [0.25, 0.3) is 0 Å². The van der Waals surface area contributed by atoms with Crippen molar-refractivity contribution >= 4 is 77.7 Å². The second kappa shape index (κ2) is 37.8. The fourth-order valence-electron chi connectivity index (χ4n) is 21.7. The Hall–Kier alpha value is -13.3. The summed E-state index contributed by atoms with van der Waals surface area (Å²) in [7, 11) is 0. The number of para-hydroxylation sites is 3. The summed E-state index contributed by atoms with van der Waals surface area (Å²) in [4.78, 5) is 4.90. The molecule has 646 valence electrons. The lowest BCUT2D eigenvalue weighted by molar-refractivity contribution is 0.539. The van der Waals surface area contributed by atoms with Crippen molar-refractivity contribution in [1.82, 2.24) is 9.13 Å². The molecule has 2 aliphatic carbocycles. The van der Waals surface area contributed by atoms with Gasteiger partial charge in [-0.15, -0.1) is 0 Å². The second-order valence-corrected chi connectivity index (χ2v) is 38.4. The minimum Gasteiger partial charge on any atom is -0.310 e. The largest absolute Gasteiger partial charge is 0.310 e. The molecule has 0 saturated carbocycles. The molecule has 0 spiro atoms. The van der Waals surface area contributed by atoms with Crippen LogP contribution in [0.2, 0.25) is 0 Å².